The zero-order valence-electron chi connectivity index (χ0n) is 21.5. The molecule has 0 radical (unpaired) electrons. The summed E-state index contributed by atoms with van der Waals surface area (Å²) in [6, 6.07) is 25.4. The van der Waals surface area contributed by atoms with Crippen LogP contribution in [-0.4, -0.2) is 57.4 Å². The van der Waals surface area contributed by atoms with E-state index in [1.165, 1.54) is 16.8 Å². The minimum atomic E-state index is 0.407. The lowest BCUT2D eigenvalue weighted by atomic mass is 10.1. The van der Waals surface area contributed by atoms with Gasteiger partial charge < -0.3 is 19.7 Å². The first-order valence-electron chi connectivity index (χ1n) is 12.9. The van der Waals surface area contributed by atoms with Crippen molar-refractivity contribution in [1.29, 1.82) is 0 Å². The number of piperazine rings is 1. The summed E-state index contributed by atoms with van der Waals surface area (Å²) >= 11 is 5.97. The number of hydrogen-bond acceptors (Lipinski definition) is 5. The summed E-state index contributed by atoms with van der Waals surface area (Å²) in [4.78, 5) is 4.92. The van der Waals surface area contributed by atoms with E-state index in [4.69, 9.17) is 21.1 Å². The van der Waals surface area contributed by atoms with E-state index in [2.05, 4.69) is 76.6 Å². The van der Waals surface area contributed by atoms with Crippen molar-refractivity contribution in [3.05, 3.63) is 88.9 Å². The smallest absolute Gasteiger partial charge is 0.161 e. The van der Waals surface area contributed by atoms with Gasteiger partial charge >= 0.3 is 0 Å². The van der Waals surface area contributed by atoms with Crippen LogP contribution in [0.2, 0.25) is 5.02 Å². The van der Waals surface area contributed by atoms with Crippen LogP contribution in [0.5, 0.6) is 11.5 Å². The topological polar surface area (TPSA) is 37.0 Å². The molecule has 1 aliphatic rings. The third-order valence-electron chi connectivity index (χ3n) is 6.82. The number of nitrogens with zero attached hydrogens (tertiary/aromatic N) is 2. The number of hydrogen-bond donors (Lipinski definition) is 1. The fourth-order valence-corrected chi connectivity index (χ4v) is 4.65. The van der Waals surface area contributed by atoms with Crippen LogP contribution in [0.15, 0.2) is 72.8 Å². The van der Waals surface area contributed by atoms with E-state index in [0.29, 0.717) is 12.6 Å². The third kappa shape index (κ3) is 7.89. The first-order chi connectivity index (χ1) is 17.6. The lowest BCUT2D eigenvalue weighted by Crippen LogP contribution is -2.47. The molecular formula is C30H38ClN3O2. The Bertz CT molecular complexity index is 1050. The minimum absolute atomic E-state index is 0.407. The average Bonchev–Trinajstić information content (AvgIpc) is 2.93. The van der Waals surface area contributed by atoms with Crippen molar-refractivity contribution in [3.8, 4) is 11.5 Å². The molecule has 1 N–H and O–H groups in total. The van der Waals surface area contributed by atoms with E-state index in [1.807, 2.05) is 18.2 Å². The van der Waals surface area contributed by atoms with E-state index in [1.54, 1.807) is 7.11 Å². The Morgan fingerprint density at radius 1 is 0.889 bits per heavy atom. The molecule has 1 saturated heterocycles. The molecule has 3 aromatic carbocycles. The van der Waals surface area contributed by atoms with Gasteiger partial charge in [-0.1, -0.05) is 48.0 Å². The molecule has 0 spiro atoms. The summed E-state index contributed by atoms with van der Waals surface area (Å²) in [7, 11) is 1.71. The van der Waals surface area contributed by atoms with Crippen LogP contribution in [0.1, 0.15) is 24.5 Å². The summed E-state index contributed by atoms with van der Waals surface area (Å²) in [5, 5.41) is 4.37. The zero-order chi connectivity index (χ0) is 25.2. The molecule has 5 nitrogen and oxygen atoms in total. The van der Waals surface area contributed by atoms with Crippen molar-refractivity contribution < 1.29 is 9.47 Å². The van der Waals surface area contributed by atoms with Gasteiger partial charge in [0.1, 0.15) is 6.61 Å². The second-order valence-corrected chi connectivity index (χ2v) is 9.88. The summed E-state index contributed by atoms with van der Waals surface area (Å²) < 4.78 is 11.8. The van der Waals surface area contributed by atoms with Gasteiger partial charge in [0.05, 0.1) is 7.11 Å². The fourth-order valence-electron chi connectivity index (χ4n) is 4.52. The van der Waals surface area contributed by atoms with E-state index in [0.717, 1.165) is 68.6 Å². The normalized spacial score (nSPS) is 15.0. The van der Waals surface area contributed by atoms with Crippen LogP contribution in [-0.2, 0) is 13.0 Å². The molecule has 1 heterocycles. The number of methoxy groups -OCH3 is 1. The molecule has 0 saturated carbocycles. The molecular weight excluding hydrogens is 470 g/mol. The highest BCUT2D eigenvalue weighted by Gasteiger charge is 2.17. The molecule has 1 aliphatic heterocycles. The fraction of sp³-hybridized carbons (Fsp3) is 0.400. The molecule has 0 aromatic heterocycles. The maximum atomic E-state index is 6.12. The molecule has 192 valence electrons. The van der Waals surface area contributed by atoms with Gasteiger partial charge in [-0.25, -0.2) is 0 Å². The Morgan fingerprint density at radius 2 is 1.61 bits per heavy atom. The van der Waals surface area contributed by atoms with Crippen LogP contribution in [0.25, 0.3) is 0 Å². The van der Waals surface area contributed by atoms with Gasteiger partial charge in [-0.2, -0.15) is 0 Å². The molecule has 6 heteroatoms. The lowest BCUT2D eigenvalue weighted by Gasteiger charge is -2.36. The van der Waals surface area contributed by atoms with Crippen molar-refractivity contribution in [2.45, 2.75) is 32.4 Å². The Labute approximate surface area is 221 Å². The molecule has 0 amide bonds. The number of benzene rings is 3. The number of halogens is 1. The second kappa shape index (κ2) is 13.5. The first-order valence-corrected chi connectivity index (χ1v) is 13.3. The van der Waals surface area contributed by atoms with Crippen molar-refractivity contribution in [1.82, 2.24) is 10.2 Å². The number of aryl methyl sites for hydroxylation is 1. The van der Waals surface area contributed by atoms with Crippen LogP contribution < -0.4 is 19.7 Å². The minimum Gasteiger partial charge on any atom is -0.493 e. The maximum absolute atomic E-state index is 6.12. The Balaban J connectivity index is 1.17. The number of ether oxygens (including phenoxy) is 2. The molecule has 1 unspecified atom stereocenters. The third-order valence-corrected chi connectivity index (χ3v) is 7.07. The highest BCUT2D eigenvalue weighted by Crippen LogP contribution is 2.29. The average molecular weight is 508 g/mol. The first kappa shape index (κ1) is 26.3. The molecule has 0 bridgehead atoms. The van der Waals surface area contributed by atoms with Gasteiger partial charge in [-0.15, -0.1) is 0 Å². The summed E-state index contributed by atoms with van der Waals surface area (Å²) in [5.41, 5.74) is 3.81. The largest absolute Gasteiger partial charge is 0.493 e. The number of para-hydroxylation sites is 1. The van der Waals surface area contributed by atoms with E-state index >= 15 is 0 Å². The van der Waals surface area contributed by atoms with Gasteiger partial charge in [-0.05, 0) is 67.3 Å². The van der Waals surface area contributed by atoms with Crippen LogP contribution in [0.4, 0.5) is 5.69 Å². The molecule has 0 aliphatic carbocycles. The van der Waals surface area contributed by atoms with Crippen molar-refractivity contribution in [2.75, 3.05) is 51.3 Å². The molecule has 36 heavy (non-hydrogen) atoms. The van der Waals surface area contributed by atoms with E-state index in [9.17, 15) is 0 Å². The zero-order valence-corrected chi connectivity index (χ0v) is 22.2. The summed E-state index contributed by atoms with van der Waals surface area (Å²) in [5.74, 6) is 1.63. The van der Waals surface area contributed by atoms with Crippen LogP contribution >= 0.6 is 11.6 Å². The molecule has 4 rings (SSSR count). The van der Waals surface area contributed by atoms with Gasteiger partial charge in [0, 0.05) is 56.0 Å². The maximum Gasteiger partial charge on any atom is 0.161 e. The number of rotatable bonds is 12. The van der Waals surface area contributed by atoms with Gasteiger partial charge in [0.25, 0.3) is 0 Å². The Hall–Kier alpha value is -2.73. The predicted octanol–water partition coefficient (Wildman–Crippen LogP) is 5.66. The number of nitrogens with one attached hydrogen (secondary N) is 1. The number of anilines is 1. The van der Waals surface area contributed by atoms with Crippen LogP contribution in [0, 0.1) is 0 Å². The quantitative estimate of drug-likeness (QED) is 0.342. The summed E-state index contributed by atoms with van der Waals surface area (Å²) in [6.45, 7) is 8.86. The monoisotopic (exact) mass is 507 g/mol. The van der Waals surface area contributed by atoms with Gasteiger partial charge in [0.15, 0.2) is 11.5 Å². The predicted molar refractivity (Wildman–Crippen MR) is 150 cm³/mol. The van der Waals surface area contributed by atoms with E-state index < -0.39 is 0 Å². The Kier molecular flexibility index (Phi) is 9.91. The molecule has 3 aromatic rings. The summed E-state index contributed by atoms with van der Waals surface area (Å²) in [6.07, 6.45) is 2.03. The highest BCUT2D eigenvalue weighted by molar-refractivity contribution is 6.30. The van der Waals surface area contributed by atoms with Gasteiger partial charge in [-0.3, -0.25) is 4.90 Å². The Morgan fingerprint density at radius 3 is 2.33 bits per heavy atom. The lowest BCUT2D eigenvalue weighted by molar-refractivity contribution is 0.197. The molecule has 1 fully saturated rings. The van der Waals surface area contributed by atoms with Gasteiger partial charge in [0.2, 0.25) is 0 Å². The van der Waals surface area contributed by atoms with Crippen molar-refractivity contribution in [3.63, 3.8) is 0 Å². The van der Waals surface area contributed by atoms with E-state index in [-0.39, 0.29) is 0 Å². The SMILES string of the molecule is COc1cc(CCC(C)NCc2ccc(Cl)cc2)ccc1OCCN1CCN(c2ccccc2)CC1. The standard InChI is InChI=1S/C30H38ClN3O2/c1-24(32-23-26-10-13-27(31)14-11-26)8-9-25-12-15-29(30(22-25)35-2)36-21-20-33-16-18-34(19-17-33)28-6-4-3-5-7-28/h3-7,10-15,22,24,32H,8-9,16-21,23H2,1-2H3. The van der Waals surface area contributed by atoms with Crippen molar-refractivity contribution >= 4 is 17.3 Å². The van der Waals surface area contributed by atoms with Crippen molar-refractivity contribution in [2.24, 2.45) is 0 Å². The highest BCUT2D eigenvalue weighted by atomic mass is 35.5. The second-order valence-electron chi connectivity index (χ2n) is 9.45. The van der Waals surface area contributed by atoms with Crippen LogP contribution in [0.3, 0.4) is 0 Å². The molecule has 1 atom stereocenters.